The average molecular weight is 417 g/mol. The Morgan fingerprint density at radius 1 is 1.26 bits per heavy atom. The molecular formula is C17H16N6OS3. The number of fused-ring (bicyclic) bond motifs is 5. The summed E-state index contributed by atoms with van der Waals surface area (Å²) in [6, 6.07) is 0. The Morgan fingerprint density at radius 3 is 3.00 bits per heavy atom. The van der Waals surface area contributed by atoms with Crippen LogP contribution in [0.25, 0.3) is 15.9 Å². The molecule has 0 aromatic carbocycles. The molecule has 0 atom stereocenters. The summed E-state index contributed by atoms with van der Waals surface area (Å²) in [4.78, 5) is 24.5. The highest BCUT2D eigenvalue weighted by Gasteiger charge is 2.21. The lowest BCUT2D eigenvalue weighted by Crippen LogP contribution is -2.14. The number of nitrogens with one attached hydrogen (secondary N) is 1. The van der Waals surface area contributed by atoms with Crippen LogP contribution in [0.3, 0.4) is 0 Å². The van der Waals surface area contributed by atoms with E-state index >= 15 is 0 Å². The molecule has 4 aromatic heterocycles. The number of carbonyl (C=O) groups excluding carboxylic acids is 1. The molecule has 4 aromatic rings. The van der Waals surface area contributed by atoms with Crippen LogP contribution in [0.2, 0.25) is 0 Å². The van der Waals surface area contributed by atoms with Gasteiger partial charge in [-0.1, -0.05) is 11.8 Å². The zero-order chi connectivity index (χ0) is 18.4. The molecule has 4 heterocycles. The van der Waals surface area contributed by atoms with Crippen LogP contribution in [0.15, 0.2) is 17.7 Å². The molecule has 0 radical (unpaired) electrons. The normalized spacial score (nSPS) is 14.0. The standard InChI is InChI=1S/C17H16N6OS3/c1-9-6-18-16(26-9)20-12(24)7-25-17-22-21-14-13-10-4-2-3-5-11(10)27-15(13)19-8-23(14)17/h6,8H,2-5,7H2,1H3,(H,18,20,24). The van der Waals surface area contributed by atoms with Crippen LogP contribution < -0.4 is 5.32 Å². The summed E-state index contributed by atoms with van der Waals surface area (Å²) in [5, 5.41) is 14.0. The van der Waals surface area contributed by atoms with Crippen molar-refractivity contribution in [3.05, 3.63) is 27.8 Å². The van der Waals surface area contributed by atoms with Crippen molar-refractivity contribution in [2.24, 2.45) is 0 Å². The molecule has 0 unspecified atom stereocenters. The number of rotatable bonds is 4. The van der Waals surface area contributed by atoms with Crippen molar-refractivity contribution < 1.29 is 4.79 Å². The van der Waals surface area contributed by atoms with E-state index in [0.717, 1.165) is 33.6 Å². The Labute approximate surface area is 167 Å². The lowest BCUT2D eigenvalue weighted by atomic mass is 9.97. The topological polar surface area (TPSA) is 85.1 Å². The number of hydrogen-bond donors (Lipinski definition) is 1. The number of thiophene rings is 1. The third-order valence-electron chi connectivity index (χ3n) is 4.53. The predicted molar refractivity (Wildman–Crippen MR) is 109 cm³/mol. The van der Waals surface area contributed by atoms with Crippen molar-refractivity contribution in [1.29, 1.82) is 0 Å². The molecule has 0 fully saturated rings. The third kappa shape index (κ3) is 3.11. The summed E-state index contributed by atoms with van der Waals surface area (Å²) < 4.78 is 1.90. The Kier molecular flexibility index (Phi) is 4.33. The highest BCUT2D eigenvalue weighted by atomic mass is 32.2. The van der Waals surface area contributed by atoms with Gasteiger partial charge in [0.25, 0.3) is 0 Å². The molecule has 0 saturated heterocycles. The molecule has 1 aliphatic rings. The van der Waals surface area contributed by atoms with Gasteiger partial charge in [0.2, 0.25) is 5.91 Å². The zero-order valence-electron chi connectivity index (χ0n) is 14.6. The first-order valence-corrected chi connectivity index (χ1v) is 11.3. The van der Waals surface area contributed by atoms with E-state index in [2.05, 4.69) is 25.5 Å². The van der Waals surface area contributed by atoms with Crippen molar-refractivity contribution >= 4 is 61.3 Å². The van der Waals surface area contributed by atoms with Gasteiger partial charge in [-0.15, -0.1) is 32.9 Å². The van der Waals surface area contributed by atoms with Gasteiger partial charge in [0, 0.05) is 16.0 Å². The summed E-state index contributed by atoms with van der Waals surface area (Å²) in [6.07, 6.45) is 8.20. The average Bonchev–Trinajstić information content (AvgIpc) is 3.35. The fourth-order valence-electron chi connectivity index (χ4n) is 3.33. The van der Waals surface area contributed by atoms with Gasteiger partial charge in [0.05, 0.1) is 11.1 Å². The molecule has 1 N–H and O–H groups in total. The number of amides is 1. The lowest BCUT2D eigenvalue weighted by molar-refractivity contribution is -0.113. The van der Waals surface area contributed by atoms with Crippen molar-refractivity contribution in [2.45, 2.75) is 37.8 Å². The van der Waals surface area contributed by atoms with E-state index in [0.29, 0.717) is 10.3 Å². The van der Waals surface area contributed by atoms with Crippen molar-refractivity contribution in [3.63, 3.8) is 0 Å². The number of thiazole rings is 1. The van der Waals surface area contributed by atoms with Gasteiger partial charge in [0.15, 0.2) is 15.9 Å². The van der Waals surface area contributed by atoms with Gasteiger partial charge in [-0.3, -0.25) is 9.20 Å². The molecule has 0 aliphatic heterocycles. The quantitative estimate of drug-likeness (QED) is 0.511. The number of hydrogen-bond acceptors (Lipinski definition) is 8. The van der Waals surface area contributed by atoms with E-state index < -0.39 is 0 Å². The van der Waals surface area contributed by atoms with Crippen LogP contribution in [0, 0.1) is 6.92 Å². The van der Waals surface area contributed by atoms with Crippen LogP contribution in [0.1, 0.15) is 28.2 Å². The van der Waals surface area contributed by atoms with E-state index in [9.17, 15) is 4.79 Å². The molecular weight excluding hydrogens is 400 g/mol. The van der Waals surface area contributed by atoms with E-state index in [1.165, 1.54) is 46.4 Å². The van der Waals surface area contributed by atoms with Crippen LogP contribution in [-0.2, 0) is 17.6 Å². The monoisotopic (exact) mass is 416 g/mol. The maximum absolute atomic E-state index is 12.2. The van der Waals surface area contributed by atoms with E-state index in [-0.39, 0.29) is 11.7 Å². The number of thioether (sulfide) groups is 1. The summed E-state index contributed by atoms with van der Waals surface area (Å²) >= 11 is 4.60. The molecule has 27 heavy (non-hydrogen) atoms. The highest BCUT2D eigenvalue weighted by molar-refractivity contribution is 7.99. The number of aromatic nitrogens is 5. The van der Waals surface area contributed by atoms with Gasteiger partial charge in [0.1, 0.15) is 11.2 Å². The first-order chi connectivity index (χ1) is 13.2. The van der Waals surface area contributed by atoms with Crippen molar-refractivity contribution in [3.8, 4) is 0 Å². The van der Waals surface area contributed by atoms with Crippen LogP contribution >= 0.6 is 34.4 Å². The minimum Gasteiger partial charge on any atom is -0.301 e. The first-order valence-electron chi connectivity index (χ1n) is 8.68. The largest absolute Gasteiger partial charge is 0.301 e. The zero-order valence-corrected chi connectivity index (χ0v) is 17.0. The van der Waals surface area contributed by atoms with Gasteiger partial charge in [-0.2, -0.15) is 0 Å². The fraction of sp³-hybridized carbons (Fsp3) is 0.353. The SMILES string of the molecule is Cc1cnc(NC(=O)CSc2nnc3c4c5c(sc4ncn23)CCCC5)s1. The molecule has 138 valence electrons. The number of aryl methyl sites for hydroxylation is 3. The summed E-state index contributed by atoms with van der Waals surface area (Å²) in [6.45, 7) is 1.96. The molecule has 0 saturated carbocycles. The van der Waals surface area contributed by atoms with Crippen LogP contribution in [0.4, 0.5) is 5.13 Å². The number of carbonyl (C=O) groups is 1. The molecule has 0 bridgehead atoms. The maximum atomic E-state index is 12.2. The van der Waals surface area contributed by atoms with E-state index in [4.69, 9.17) is 0 Å². The number of nitrogens with zero attached hydrogens (tertiary/aromatic N) is 5. The van der Waals surface area contributed by atoms with Crippen molar-refractivity contribution in [2.75, 3.05) is 11.1 Å². The van der Waals surface area contributed by atoms with Gasteiger partial charge >= 0.3 is 0 Å². The second-order valence-electron chi connectivity index (χ2n) is 6.42. The Hall–Kier alpha value is -2.04. The summed E-state index contributed by atoms with van der Waals surface area (Å²) in [5.41, 5.74) is 2.23. The molecule has 1 amide bonds. The molecule has 10 heteroatoms. The van der Waals surface area contributed by atoms with E-state index in [1.54, 1.807) is 23.9 Å². The second-order valence-corrected chi connectivity index (χ2v) is 9.69. The molecule has 5 rings (SSSR count). The minimum atomic E-state index is -0.104. The fourth-order valence-corrected chi connectivity index (χ4v) is 5.94. The van der Waals surface area contributed by atoms with Gasteiger partial charge in [-0.25, -0.2) is 9.97 Å². The molecule has 7 nitrogen and oxygen atoms in total. The minimum absolute atomic E-state index is 0.104. The Morgan fingerprint density at radius 2 is 2.15 bits per heavy atom. The third-order valence-corrected chi connectivity index (χ3v) is 7.50. The van der Waals surface area contributed by atoms with Crippen LogP contribution in [0.5, 0.6) is 0 Å². The van der Waals surface area contributed by atoms with E-state index in [1.807, 2.05) is 11.3 Å². The predicted octanol–water partition coefficient (Wildman–Crippen LogP) is 3.71. The highest BCUT2D eigenvalue weighted by Crippen LogP contribution is 2.37. The smallest absolute Gasteiger partial charge is 0.236 e. The Bertz CT molecular complexity index is 1160. The molecule has 1 aliphatic carbocycles. The van der Waals surface area contributed by atoms with Crippen molar-refractivity contribution in [1.82, 2.24) is 24.6 Å². The van der Waals surface area contributed by atoms with Crippen LogP contribution in [-0.4, -0.2) is 36.2 Å². The van der Waals surface area contributed by atoms with Gasteiger partial charge in [-0.05, 0) is 38.2 Å². The Balaban J connectivity index is 1.40. The lowest BCUT2D eigenvalue weighted by Gasteiger charge is -2.10. The second kappa shape index (κ2) is 6.84. The number of anilines is 1. The maximum Gasteiger partial charge on any atom is 0.236 e. The summed E-state index contributed by atoms with van der Waals surface area (Å²) in [7, 11) is 0. The molecule has 0 spiro atoms. The first kappa shape index (κ1) is 17.1. The summed E-state index contributed by atoms with van der Waals surface area (Å²) in [5.74, 6) is 0.146. The van der Waals surface area contributed by atoms with Gasteiger partial charge < -0.3 is 5.32 Å².